The van der Waals surface area contributed by atoms with Crippen LogP contribution in [0.3, 0.4) is 0 Å². The normalized spacial score (nSPS) is 20.3. The first-order valence-corrected chi connectivity index (χ1v) is 24.8. The summed E-state index contributed by atoms with van der Waals surface area (Å²) in [6.07, 6.45) is 39.8. The van der Waals surface area contributed by atoms with Gasteiger partial charge in [-0.15, -0.1) is 0 Å². The van der Waals surface area contributed by atoms with Crippen molar-refractivity contribution in [2.75, 3.05) is 26.4 Å². The lowest BCUT2D eigenvalue weighted by molar-refractivity contribution is -0.305. The van der Waals surface area contributed by atoms with Gasteiger partial charge in [0.25, 0.3) is 0 Å². The van der Waals surface area contributed by atoms with Crippen LogP contribution < -0.4 is 0 Å². The minimum atomic E-state index is -1.53. The number of esters is 1. The lowest BCUT2D eigenvalue weighted by atomic mass is 9.99. The molecular formula is C49H94O9. The summed E-state index contributed by atoms with van der Waals surface area (Å²) in [5.41, 5.74) is 0. The van der Waals surface area contributed by atoms with Gasteiger partial charge in [0.2, 0.25) is 0 Å². The summed E-state index contributed by atoms with van der Waals surface area (Å²) in [6.45, 7) is 4.57. The van der Waals surface area contributed by atoms with Crippen molar-refractivity contribution in [1.82, 2.24) is 0 Å². The van der Waals surface area contributed by atoms with Crippen molar-refractivity contribution in [3.63, 3.8) is 0 Å². The van der Waals surface area contributed by atoms with Crippen LogP contribution in [-0.2, 0) is 23.7 Å². The van der Waals surface area contributed by atoms with Crippen molar-refractivity contribution >= 4 is 5.97 Å². The highest BCUT2D eigenvalue weighted by Gasteiger charge is 2.44. The highest BCUT2D eigenvalue weighted by molar-refractivity contribution is 5.69. The Labute approximate surface area is 356 Å². The van der Waals surface area contributed by atoms with Crippen LogP contribution in [-0.4, -0.2) is 89.6 Å². The standard InChI is InChI=1S/C49H94O9/c1-3-5-7-9-11-13-14-15-16-17-18-19-20-21-22-23-24-25-26-27-28-29-31-33-35-37-39-55-41-43(42-56-49-48(54)47(53)46(52)44(40-50)58-49)57-45(51)38-36-34-32-30-12-10-8-6-4-2/h17-18,43-44,46-50,52-54H,3-16,19-42H2,1-2H3/b18-17-. The van der Waals surface area contributed by atoms with E-state index in [-0.39, 0.29) is 19.2 Å². The van der Waals surface area contributed by atoms with E-state index in [1.807, 2.05) is 0 Å². The predicted molar refractivity (Wildman–Crippen MR) is 238 cm³/mol. The van der Waals surface area contributed by atoms with Gasteiger partial charge in [0.15, 0.2) is 6.29 Å². The maximum atomic E-state index is 12.7. The van der Waals surface area contributed by atoms with Gasteiger partial charge in [0.1, 0.15) is 30.5 Å². The van der Waals surface area contributed by atoms with E-state index in [1.165, 1.54) is 180 Å². The average molecular weight is 827 g/mol. The van der Waals surface area contributed by atoms with Gasteiger partial charge in [-0.1, -0.05) is 199 Å². The van der Waals surface area contributed by atoms with E-state index in [4.69, 9.17) is 18.9 Å². The minimum absolute atomic E-state index is 0.108. The molecule has 1 aliphatic rings. The van der Waals surface area contributed by atoms with Crippen molar-refractivity contribution in [2.24, 2.45) is 0 Å². The summed E-state index contributed by atoms with van der Waals surface area (Å²) in [7, 11) is 0. The van der Waals surface area contributed by atoms with Crippen LogP contribution in [0.4, 0.5) is 0 Å². The number of unbranched alkanes of at least 4 members (excludes halogenated alkanes) is 30. The van der Waals surface area contributed by atoms with Gasteiger partial charge >= 0.3 is 5.97 Å². The lowest BCUT2D eigenvalue weighted by Gasteiger charge is -2.39. The molecule has 6 atom stereocenters. The molecule has 344 valence electrons. The fourth-order valence-corrected chi connectivity index (χ4v) is 7.78. The summed E-state index contributed by atoms with van der Waals surface area (Å²) in [5, 5.41) is 40.1. The van der Waals surface area contributed by atoms with E-state index in [0.29, 0.717) is 13.0 Å². The van der Waals surface area contributed by atoms with Crippen LogP contribution in [0.1, 0.15) is 232 Å². The SMILES string of the molecule is CCCCCCCCCC/C=C\CCCCCCCCCCCCCCCCOCC(COC1OC(CO)C(O)C(O)C1O)OC(=O)CCCCCCCCCCC. The predicted octanol–water partition coefficient (Wildman–Crippen LogP) is 11.6. The summed E-state index contributed by atoms with van der Waals surface area (Å²) in [6, 6.07) is 0. The molecule has 0 bridgehead atoms. The molecule has 1 rings (SSSR count). The molecule has 0 radical (unpaired) electrons. The third-order valence-electron chi connectivity index (χ3n) is 11.7. The zero-order valence-corrected chi connectivity index (χ0v) is 37.8. The Hall–Kier alpha value is -1.07. The van der Waals surface area contributed by atoms with Crippen molar-refractivity contribution in [3.05, 3.63) is 12.2 Å². The number of ether oxygens (including phenoxy) is 4. The number of allylic oxidation sites excluding steroid dienone is 2. The fraction of sp³-hybridized carbons (Fsp3) is 0.939. The molecular weight excluding hydrogens is 733 g/mol. The number of hydrogen-bond acceptors (Lipinski definition) is 9. The first kappa shape index (κ1) is 54.9. The first-order chi connectivity index (χ1) is 28.4. The first-order valence-electron chi connectivity index (χ1n) is 24.8. The van der Waals surface area contributed by atoms with E-state index in [2.05, 4.69) is 26.0 Å². The minimum Gasteiger partial charge on any atom is -0.457 e. The molecule has 6 unspecified atom stereocenters. The van der Waals surface area contributed by atoms with E-state index in [0.717, 1.165) is 32.1 Å². The Morgan fingerprint density at radius 3 is 1.40 bits per heavy atom. The molecule has 0 aromatic heterocycles. The van der Waals surface area contributed by atoms with Crippen molar-refractivity contribution in [3.8, 4) is 0 Å². The third kappa shape index (κ3) is 31.8. The highest BCUT2D eigenvalue weighted by Crippen LogP contribution is 2.23. The number of hydrogen-bond donors (Lipinski definition) is 4. The second-order valence-electron chi connectivity index (χ2n) is 17.3. The molecule has 58 heavy (non-hydrogen) atoms. The third-order valence-corrected chi connectivity index (χ3v) is 11.7. The second-order valence-corrected chi connectivity index (χ2v) is 17.3. The molecule has 1 aliphatic heterocycles. The van der Waals surface area contributed by atoms with Crippen LogP contribution >= 0.6 is 0 Å². The number of aliphatic hydroxyl groups is 4. The molecule has 9 heteroatoms. The zero-order chi connectivity index (χ0) is 42.2. The van der Waals surface area contributed by atoms with E-state index in [1.54, 1.807) is 0 Å². The Bertz CT molecular complexity index is 899. The molecule has 0 aliphatic carbocycles. The van der Waals surface area contributed by atoms with Crippen LogP contribution in [0.5, 0.6) is 0 Å². The number of carbonyl (C=O) groups is 1. The monoisotopic (exact) mass is 827 g/mol. The molecule has 1 saturated heterocycles. The van der Waals surface area contributed by atoms with Gasteiger partial charge in [-0.25, -0.2) is 0 Å². The van der Waals surface area contributed by atoms with Crippen LogP contribution in [0.2, 0.25) is 0 Å². The molecule has 0 amide bonds. The Morgan fingerprint density at radius 1 is 0.534 bits per heavy atom. The Morgan fingerprint density at radius 2 is 0.948 bits per heavy atom. The molecule has 0 spiro atoms. The quantitative estimate of drug-likeness (QED) is 0.0269. The molecule has 4 N–H and O–H groups in total. The number of aliphatic hydroxyl groups excluding tert-OH is 4. The maximum Gasteiger partial charge on any atom is 0.306 e. The second kappa shape index (κ2) is 41.3. The molecule has 0 saturated carbocycles. The maximum absolute atomic E-state index is 12.7. The summed E-state index contributed by atoms with van der Waals surface area (Å²) >= 11 is 0. The Kier molecular flexibility index (Phi) is 39.1. The topological polar surface area (TPSA) is 135 Å². The zero-order valence-electron chi connectivity index (χ0n) is 37.8. The number of carbonyl (C=O) groups excluding carboxylic acids is 1. The summed E-state index contributed by atoms with van der Waals surface area (Å²) in [4.78, 5) is 12.7. The van der Waals surface area contributed by atoms with Crippen LogP contribution in [0.25, 0.3) is 0 Å². The smallest absolute Gasteiger partial charge is 0.306 e. The van der Waals surface area contributed by atoms with E-state index < -0.39 is 43.4 Å². The highest BCUT2D eigenvalue weighted by atomic mass is 16.7. The molecule has 0 aromatic carbocycles. The van der Waals surface area contributed by atoms with Gasteiger partial charge in [0.05, 0.1) is 19.8 Å². The van der Waals surface area contributed by atoms with Crippen LogP contribution in [0.15, 0.2) is 12.2 Å². The van der Waals surface area contributed by atoms with E-state index in [9.17, 15) is 25.2 Å². The molecule has 0 aromatic rings. The molecule has 1 fully saturated rings. The molecule has 1 heterocycles. The summed E-state index contributed by atoms with van der Waals surface area (Å²) in [5.74, 6) is -0.313. The number of rotatable bonds is 43. The van der Waals surface area contributed by atoms with Gasteiger partial charge in [0, 0.05) is 13.0 Å². The average Bonchev–Trinajstić information content (AvgIpc) is 3.22. The lowest BCUT2D eigenvalue weighted by Crippen LogP contribution is -2.59. The van der Waals surface area contributed by atoms with Crippen LogP contribution in [0, 0.1) is 0 Å². The Balaban J connectivity index is 2.10. The van der Waals surface area contributed by atoms with Crippen molar-refractivity contribution in [1.29, 1.82) is 0 Å². The largest absolute Gasteiger partial charge is 0.457 e. The molecule has 9 nitrogen and oxygen atoms in total. The van der Waals surface area contributed by atoms with Crippen molar-refractivity contribution in [2.45, 2.75) is 269 Å². The van der Waals surface area contributed by atoms with Gasteiger partial charge in [-0.05, 0) is 38.5 Å². The van der Waals surface area contributed by atoms with Gasteiger partial charge in [-0.3, -0.25) is 4.79 Å². The fourth-order valence-electron chi connectivity index (χ4n) is 7.78. The summed E-state index contributed by atoms with van der Waals surface area (Å²) < 4.78 is 22.8. The van der Waals surface area contributed by atoms with E-state index >= 15 is 0 Å². The van der Waals surface area contributed by atoms with Gasteiger partial charge < -0.3 is 39.4 Å². The van der Waals surface area contributed by atoms with Gasteiger partial charge in [-0.2, -0.15) is 0 Å². The van der Waals surface area contributed by atoms with Crippen molar-refractivity contribution < 1.29 is 44.2 Å².